The van der Waals surface area contributed by atoms with Gasteiger partial charge in [-0.1, -0.05) is 23.2 Å². The minimum absolute atomic E-state index is 0.192. The predicted molar refractivity (Wildman–Crippen MR) is 75.6 cm³/mol. The molecule has 2 heterocycles. The Kier molecular flexibility index (Phi) is 4.27. The number of thiophene rings is 1. The molecule has 0 saturated heterocycles. The molecular formula is C12H11N3O2S2. The van der Waals surface area contributed by atoms with Crippen LogP contribution in [0.5, 0.6) is 0 Å². The molecule has 0 unspecified atom stereocenters. The van der Waals surface area contributed by atoms with Crippen molar-refractivity contribution in [3.05, 3.63) is 26.4 Å². The zero-order valence-corrected chi connectivity index (χ0v) is 12.0. The van der Waals surface area contributed by atoms with Crippen molar-refractivity contribution in [1.82, 2.24) is 10.2 Å². The zero-order chi connectivity index (χ0) is 13.8. The van der Waals surface area contributed by atoms with Gasteiger partial charge in [-0.3, -0.25) is 10.1 Å². The van der Waals surface area contributed by atoms with E-state index in [0.717, 1.165) is 15.4 Å². The summed E-state index contributed by atoms with van der Waals surface area (Å²) in [6.45, 7) is 3.51. The van der Waals surface area contributed by atoms with Crippen LogP contribution in [0.1, 0.15) is 25.1 Å². The lowest BCUT2D eigenvalue weighted by atomic mass is 10.2. The molecule has 0 aromatic carbocycles. The number of carbonyl (C=O) groups excluding carboxylic acids is 1. The normalized spacial score (nSPS) is 9.84. The van der Waals surface area contributed by atoms with Crippen LogP contribution in [-0.4, -0.2) is 27.8 Å². The quantitative estimate of drug-likeness (QED) is 0.828. The molecule has 0 spiro atoms. The number of aliphatic hydroxyl groups is 1. The summed E-state index contributed by atoms with van der Waals surface area (Å²) in [5, 5.41) is 20.3. The van der Waals surface area contributed by atoms with E-state index in [4.69, 9.17) is 5.11 Å². The molecule has 7 heteroatoms. The average Bonchev–Trinajstić information content (AvgIpc) is 2.93. The van der Waals surface area contributed by atoms with Crippen LogP contribution in [0.3, 0.4) is 0 Å². The molecular weight excluding hydrogens is 282 g/mol. The summed E-state index contributed by atoms with van der Waals surface area (Å²) >= 11 is 2.62. The fourth-order valence-electron chi connectivity index (χ4n) is 1.34. The van der Waals surface area contributed by atoms with E-state index in [1.165, 1.54) is 22.7 Å². The van der Waals surface area contributed by atoms with Crippen molar-refractivity contribution < 1.29 is 9.90 Å². The summed E-state index contributed by atoms with van der Waals surface area (Å²) < 4.78 is 0. The summed E-state index contributed by atoms with van der Waals surface area (Å²) in [7, 11) is 0. The Bertz CT molecular complexity index is 664. The largest absolute Gasteiger partial charge is 0.384 e. The third-order valence-electron chi connectivity index (χ3n) is 2.17. The van der Waals surface area contributed by atoms with Crippen molar-refractivity contribution in [1.29, 1.82) is 0 Å². The molecule has 2 N–H and O–H groups in total. The van der Waals surface area contributed by atoms with Gasteiger partial charge in [0.05, 0.1) is 9.75 Å². The topological polar surface area (TPSA) is 75.1 Å². The number of carbonyl (C=O) groups is 1. The number of amides is 1. The van der Waals surface area contributed by atoms with Crippen molar-refractivity contribution in [2.45, 2.75) is 13.8 Å². The van der Waals surface area contributed by atoms with Gasteiger partial charge in [0.15, 0.2) is 0 Å². The third kappa shape index (κ3) is 3.38. The second kappa shape index (κ2) is 5.93. The number of nitrogens with zero attached hydrogens (tertiary/aromatic N) is 2. The van der Waals surface area contributed by atoms with Crippen molar-refractivity contribution in [2.75, 3.05) is 11.9 Å². The summed E-state index contributed by atoms with van der Waals surface area (Å²) in [5.74, 6) is 5.17. The van der Waals surface area contributed by atoms with Gasteiger partial charge in [-0.25, -0.2) is 0 Å². The molecule has 0 atom stereocenters. The molecule has 0 aliphatic rings. The van der Waals surface area contributed by atoms with Crippen LogP contribution in [-0.2, 0) is 0 Å². The number of hydrogen-bond donors (Lipinski definition) is 2. The first-order valence-corrected chi connectivity index (χ1v) is 7.05. The smallest absolute Gasteiger partial charge is 0.267 e. The average molecular weight is 293 g/mol. The summed E-state index contributed by atoms with van der Waals surface area (Å²) in [6.07, 6.45) is 0. The maximum Gasteiger partial charge on any atom is 0.267 e. The predicted octanol–water partition coefficient (Wildman–Crippen LogP) is 1.81. The van der Waals surface area contributed by atoms with Gasteiger partial charge in [0.1, 0.15) is 11.6 Å². The highest BCUT2D eigenvalue weighted by Gasteiger charge is 2.13. The Hall–Kier alpha value is -1.75. The number of hydrogen-bond acceptors (Lipinski definition) is 6. The molecule has 0 aliphatic carbocycles. The van der Waals surface area contributed by atoms with E-state index in [0.29, 0.717) is 10.0 Å². The lowest BCUT2D eigenvalue weighted by molar-refractivity contribution is 0.103. The van der Waals surface area contributed by atoms with Crippen molar-refractivity contribution >= 4 is 33.7 Å². The molecule has 0 saturated carbocycles. The lowest BCUT2D eigenvalue weighted by Gasteiger charge is -1.96. The Morgan fingerprint density at radius 3 is 2.84 bits per heavy atom. The van der Waals surface area contributed by atoms with E-state index in [-0.39, 0.29) is 12.5 Å². The van der Waals surface area contributed by atoms with E-state index in [9.17, 15) is 4.79 Å². The Morgan fingerprint density at radius 1 is 1.42 bits per heavy atom. The Morgan fingerprint density at radius 2 is 2.21 bits per heavy atom. The number of aryl methyl sites for hydroxylation is 2. The number of nitrogens with one attached hydrogen (secondary N) is 1. The highest BCUT2D eigenvalue weighted by molar-refractivity contribution is 7.16. The van der Waals surface area contributed by atoms with Crippen LogP contribution in [0.15, 0.2) is 6.07 Å². The standard InChI is InChI=1S/C12H11N3O2S2/c1-7-6-10(19-9(7)4-3-5-16)11(17)13-12-15-14-8(2)18-12/h6,16H,5H2,1-2H3,(H,13,15,17). The fourth-order valence-corrected chi connectivity index (χ4v) is 2.87. The van der Waals surface area contributed by atoms with Gasteiger partial charge in [0, 0.05) is 0 Å². The lowest BCUT2D eigenvalue weighted by Crippen LogP contribution is -2.09. The van der Waals surface area contributed by atoms with E-state index < -0.39 is 0 Å². The molecule has 0 fully saturated rings. The summed E-state index contributed by atoms with van der Waals surface area (Å²) in [6, 6.07) is 1.77. The molecule has 98 valence electrons. The van der Waals surface area contributed by atoms with Crippen molar-refractivity contribution in [3.8, 4) is 11.8 Å². The van der Waals surface area contributed by atoms with Crippen LogP contribution in [0.2, 0.25) is 0 Å². The van der Waals surface area contributed by atoms with Gasteiger partial charge in [-0.05, 0) is 25.5 Å². The number of anilines is 1. The van der Waals surface area contributed by atoms with Crippen molar-refractivity contribution in [2.24, 2.45) is 0 Å². The van der Waals surface area contributed by atoms with E-state index >= 15 is 0 Å². The molecule has 2 aromatic rings. The van der Waals surface area contributed by atoms with Gasteiger partial charge in [-0.2, -0.15) is 0 Å². The minimum Gasteiger partial charge on any atom is -0.384 e. The molecule has 0 radical (unpaired) electrons. The summed E-state index contributed by atoms with van der Waals surface area (Å²) in [4.78, 5) is 13.4. The minimum atomic E-state index is -0.221. The van der Waals surface area contributed by atoms with E-state index in [1.54, 1.807) is 6.07 Å². The second-order valence-electron chi connectivity index (χ2n) is 3.66. The van der Waals surface area contributed by atoms with Crippen LogP contribution in [0.25, 0.3) is 0 Å². The maximum absolute atomic E-state index is 12.0. The molecule has 1 amide bonds. The Balaban J connectivity index is 2.15. The number of rotatable bonds is 2. The van der Waals surface area contributed by atoms with E-state index in [2.05, 4.69) is 27.4 Å². The maximum atomic E-state index is 12.0. The van der Waals surface area contributed by atoms with Crippen LogP contribution >= 0.6 is 22.7 Å². The van der Waals surface area contributed by atoms with Crippen molar-refractivity contribution in [3.63, 3.8) is 0 Å². The van der Waals surface area contributed by atoms with Gasteiger partial charge in [-0.15, -0.1) is 21.5 Å². The molecule has 19 heavy (non-hydrogen) atoms. The van der Waals surface area contributed by atoms with Gasteiger partial charge in [0.2, 0.25) is 5.13 Å². The Labute approximate surface area is 118 Å². The summed E-state index contributed by atoms with van der Waals surface area (Å²) in [5.41, 5.74) is 0.921. The SMILES string of the molecule is Cc1nnc(NC(=O)c2cc(C)c(C#CCO)s2)s1. The highest BCUT2D eigenvalue weighted by Crippen LogP contribution is 2.23. The first-order valence-electron chi connectivity index (χ1n) is 5.41. The molecule has 0 bridgehead atoms. The fraction of sp³-hybridized carbons (Fsp3) is 0.250. The second-order valence-corrected chi connectivity index (χ2v) is 5.90. The van der Waals surface area contributed by atoms with Crippen LogP contribution in [0.4, 0.5) is 5.13 Å². The first kappa shape index (κ1) is 13.7. The molecule has 0 aliphatic heterocycles. The van der Waals surface area contributed by atoms with E-state index in [1.807, 2.05) is 13.8 Å². The van der Waals surface area contributed by atoms with Crippen LogP contribution < -0.4 is 5.32 Å². The molecule has 5 nitrogen and oxygen atoms in total. The molecule has 2 aromatic heterocycles. The third-order valence-corrected chi connectivity index (χ3v) is 4.07. The first-order chi connectivity index (χ1) is 9.10. The monoisotopic (exact) mass is 293 g/mol. The van der Waals surface area contributed by atoms with Gasteiger partial charge in [0.25, 0.3) is 5.91 Å². The molecule has 2 rings (SSSR count). The van der Waals surface area contributed by atoms with Gasteiger partial charge < -0.3 is 5.11 Å². The van der Waals surface area contributed by atoms with Crippen LogP contribution in [0, 0.1) is 25.7 Å². The number of aliphatic hydroxyl groups excluding tert-OH is 1. The zero-order valence-electron chi connectivity index (χ0n) is 10.4. The van der Waals surface area contributed by atoms with Gasteiger partial charge >= 0.3 is 0 Å². The number of aromatic nitrogens is 2. The highest BCUT2D eigenvalue weighted by atomic mass is 32.1.